The molecule has 0 aliphatic carbocycles. The first-order valence-electron chi connectivity index (χ1n) is 6.58. The number of nitrogens with two attached hydrogens (primary N) is 1. The molecular weight excluding hydrogens is 300 g/mol. The van der Waals surface area contributed by atoms with E-state index in [1.807, 2.05) is 0 Å². The number of carbonyl (C=O) groups is 2. The molecule has 0 amide bonds. The zero-order valence-electron chi connectivity index (χ0n) is 12.6. The standard InChI is InChI=1S/C14H14N6O3/c1-7-4-8(2)20-14(17-7)18-12(19-20)13(22)23-6-11(21)10(5-15)9(3)16/h4,10H,3,6,16H2,1-2H3/t10-/m1/s1. The lowest BCUT2D eigenvalue weighted by Crippen LogP contribution is -2.25. The minimum Gasteiger partial charge on any atom is -0.452 e. The summed E-state index contributed by atoms with van der Waals surface area (Å²) in [7, 11) is 0. The highest BCUT2D eigenvalue weighted by Gasteiger charge is 2.23. The Hall–Kier alpha value is -3.28. The third-order valence-corrected chi connectivity index (χ3v) is 2.97. The van der Waals surface area contributed by atoms with E-state index in [-0.39, 0.29) is 17.3 Å². The maximum Gasteiger partial charge on any atom is 0.378 e. The van der Waals surface area contributed by atoms with Crippen LogP contribution in [0.4, 0.5) is 0 Å². The van der Waals surface area contributed by atoms with E-state index in [4.69, 9.17) is 15.7 Å². The number of hydrogen-bond donors (Lipinski definition) is 1. The number of aryl methyl sites for hydroxylation is 2. The summed E-state index contributed by atoms with van der Waals surface area (Å²) in [5.41, 5.74) is 6.71. The molecule has 0 saturated carbocycles. The van der Waals surface area contributed by atoms with Crippen LogP contribution in [-0.2, 0) is 9.53 Å². The number of hydrogen-bond acceptors (Lipinski definition) is 8. The Morgan fingerprint density at radius 2 is 2.17 bits per heavy atom. The first kappa shape index (κ1) is 16.1. The lowest BCUT2D eigenvalue weighted by Gasteiger charge is -2.06. The van der Waals surface area contributed by atoms with Crippen molar-refractivity contribution in [1.82, 2.24) is 19.6 Å². The van der Waals surface area contributed by atoms with Crippen LogP contribution in [0, 0.1) is 31.1 Å². The Balaban J connectivity index is 2.13. The summed E-state index contributed by atoms with van der Waals surface area (Å²) in [6, 6.07) is 3.47. The average Bonchev–Trinajstić information content (AvgIpc) is 2.89. The molecule has 0 spiro atoms. The Bertz CT molecular complexity index is 848. The Morgan fingerprint density at radius 3 is 2.78 bits per heavy atom. The predicted molar refractivity (Wildman–Crippen MR) is 78.0 cm³/mol. The number of allylic oxidation sites excluding steroid dienone is 1. The summed E-state index contributed by atoms with van der Waals surface area (Å²) in [5.74, 6) is -2.74. The van der Waals surface area contributed by atoms with Crippen molar-refractivity contribution in [3.05, 3.63) is 35.6 Å². The highest BCUT2D eigenvalue weighted by molar-refractivity contribution is 5.91. The number of aromatic nitrogens is 4. The van der Waals surface area contributed by atoms with Crippen LogP contribution in [0.25, 0.3) is 5.78 Å². The highest BCUT2D eigenvalue weighted by Crippen LogP contribution is 2.08. The number of Topliss-reactive ketones (excluding diaryl/α,β-unsaturated/α-hetero) is 1. The molecular formula is C14H14N6O3. The third-order valence-electron chi connectivity index (χ3n) is 2.97. The summed E-state index contributed by atoms with van der Waals surface area (Å²) < 4.78 is 6.21. The van der Waals surface area contributed by atoms with Crippen molar-refractivity contribution in [2.24, 2.45) is 11.7 Å². The van der Waals surface area contributed by atoms with Crippen LogP contribution < -0.4 is 5.73 Å². The predicted octanol–water partition coefficient (Wildman–Crippen LogP) is 0.0792. The molecule has 9 heteroatoms. The minimum absolute atomic E-state index is 0.102. The summed E-state index contributed by atoms with van der Waals surface area (Å²) in [6.07, 6.45) is 0. The molecule has 0 unspecified atom stereocenters. The van der Waals surface area contributed by atoms with Gasteiger partial charge in [0.15, 0.2) is 12.4 Å². The van der Waals surface area contributed by atoms with Gasteiger partial charge in [0.05, 0.1) is 6.07 Å². The fraction of sp³-hybridized carbons (Fsp3) is 0.286. The van der Waals surface area contributed by atoms with Gasteiger partial charge in [-0.3, -0.25) is 4.79 Å². The molecule has 0 aliphatic rings. The van der Waals surface area contributed by atoms with E-state index in [1.54, 1.807) is 26.0 Å². The second-order valence-corrected chi connectivity index (χ2v) is 4.87. The van der Waals surface area contributed by atoms with E-state index in [1.165, 1.54) is 4.52 Å². The molecule has 2 aromatic heterocycles. The van der Waals surface area contributed by atoms with Crippen LogP contribution in [0.3, 0.4) is 0 Å². The van der Waals surface area contributed by atoms with Crippen molar-refractivity contribution in [1.29, 1.82) is 5.26 Å². The molecule has 0 fully saturated rings. The van der Waals surface area contributed by atoms with Gasteiger partial charge in [-0.05, 0) is 19.9 Å². The van der Waals surface area contributed by atoms with Gasteiger partial charge in [-0.25, -0.2) is 14.3 Å². The van der Waals surface area contributed by atoms with E-state index >= 15 is 0 Å². The third kappa shape index (κ3) is 3.32. The molecule has 2 aromatic rings. The zero-order valence-corrected chi connectivity index (χ0v) is 12.6. The van der Waals surface area contributed by atoms with E-state index in [9.17, 15) is 9.59 Å². The van der Waals surface area contributed by atoms with Crippen LogP contribution in [0.2, 0.25) is 0 Å². The van der Waals surface area contributed by atoms with E-state index in [0.717, 1.165) is 11.4 Å². The molecule has 2 rings (SSSR count). The number of esters is 1. The van der Waals surface area contributed by atoms with Gasteiger partial charge in [0.25, 0.3) is 11.6 Å². The quantitative estimate of drug-likeness (QED) is 0.766. The van der Waals surface area contributed by atoms with Gasteiger partial charge >= 0.3 is 5.97 Å². The lowest BCUT2D eigenvalue weighted by molar-refractivity contribution is -0.123. The number of nitriles is 1. The Kier molecular flexibility index (Phi) is 4.36. The topological polar surface area (TPSA) is 136 Å². The monoisotopic (exact) mass is 314 g/mol. The molecule has 1 atom stereocenters. The lowest BCUT2D eigenvalue weighted by atomic mass is 10.0. The molecule has 23 heavy (non-hydrogen) atoms. The summed E-state index contributed by atoms with van der Waals surface area (Å²) in [4.78, 5) is 31.7. The molecule has 2 N–H and O–H groups in total. The maximum atomic E-state index is 11.9. The van der Waals surface area contributed by atoms with Crippen LogP contribution in [-0.4, -0.2) is 37.9 Å². The van der Waals surface area contributed by atoms with Crippen molar-refractivity contribution < 1.29 is 14.3 Å². The van der Waals surface area contributed by atoms with Gasteiger partial charge in [-0.2, -0.15) is 10.2 Å². The number of nitrogens with zero attached hydrogens (tertiary/aromatic N) is 5. The van der Waals surface area contributed by atoms with Gasteiger partial charge in [-0.15, -0.1) is 5.10 Å². The van der Waals surface area contributed by atoms with Crippen LogP contribution in [0.15, 0.2) is 18.3 Å². The minimum atomic E-state index is -1.22. The SMILES string of the molecule is C=C(N)[C@@H](C#N)C(=O)COC(=O)c1nc2nc(C)cc(C)n2n1. The van der Waals surface area contributed by atoms with Gasteiger partial charge in [0.1, 0.15) is 5.92 Å². The number of rotatable bonds is 5. The van der Waals surface area contributed by atoms with Crippen LogP contribution >= 0.6 is 0 Å². The van der Waals surface area contributed by atoms with Crippen molar-refractivity contribution in [3.8, 4) is 6.07 Å². The van der Waals surface area contributed by atoms with Gasteiger partial charge < -0.3 is 10.5 Å². The van der Waals surface area contributed by atoms with E-state index < -0.39 is 24.3 Å². The summed E-state index contributed by atoms with van der Waals surface area (Å²) in [6.45, 7) is 6.30. The number of ether oxygens (including phenoxy) is 1. The van der Waals surface area contributed by atoms with Crippen molar-refractivity contribution >= 4 is 17.5 Å². The van der Waals surface area contributed by atoms with Gasteiger partial charge in [0, 0.05) is 17.1 Å². The largest absolute Gasteiger partial charge is 0.452 e. The molecule has 0 bridgehead atoms. The molecule has 0 saturated heterocycles. The summed E-state index contributed by atoms with van der Waals surface area (Å²) in [5, 5.41) is 12.8. The maximum absolute atomic E-state index is 11.9. The molecule has 2 heterocycles. The molecule has 9 nitrogen and oxygen atoms in total. The number of ketones is 1. The molecule has 0 radical (unpaired) electrons. The fourth-order valence-electron chi connectivity index (χ4n) is 1.90. The molecule has 0 aliphatic heterocycles. The van der Waals surface area contributed by atoms with Gasteiger partial charge in [-0.1, -0.05) is 6.58 Å². The second kappa shape index (κ2) is 6.23. The molecule has 0 aromatic carbocycles. The second-order valence-electron chi connectivity index (χ2n) is 4.87. The zero-order chi connectivity index (χ0) is 17.1. The normalized spacial score (nSPS) is 11.7. The van der Waals surface area contributed by atoms with E-state index in [0.29, 0.717) is 0 Å². The first-order chi connectivity index (χ1) is 10.8. The Morgan fingerprint density at radius 1 is 1.48 bits per heavy atom. The highest BCUT2D eigenvalue weighted by atomic mass is 16.5. The molecule has 118 valence electrons. The smallest absolute Gasteiger partial charge is 0.378 e. The van der Waals surface area contributed by atoms with Crippen LogP contribution in [0.5, 0.6) is 0 Å². The van der Waals surface area contributed by atoms with Crippen molar-refractivity contribution in [2.45, 2.75) is 13.8 Å². The average molecular weight is 314 g/mol. The van der Waals surface area contributed by atoms with Crippen LogP contribution in [0.1, 0.15) is 22.0 Å². The summed E-state index contributed by atoms with van der Waals surface area (Å²) >= 11 is 0. The van der Waals surface area contributed by atoms with E-state index in [2.05, 4.69) is 21.6 Å². The first-order valence-corrected chi connectivity index (χ1v) is 6.58. The van der Waals surface area contributed by atoms with Gasteiger partial charge in [0.2, 0.25) is 0 Å². The van der Waals surface area contributed by atoms with Crippen molar-refractivity contribution in [3.63, 3.8) is 0 Å². The fourth-order valence-corrected chi connectivity index (χ4v) is 1.90. The van der Waals surface area contributed by atoms with Crippen molar-refractivity contribution in [2.75, 3.05) is 6.61 Å². The number of fused-ring (bicyclic) bond motifs is 1. The number of carbonyl (C=O) groups excluding carboxylic acids is 2. The Labute approximate surface area is 131 Å².